The largest absolute Gasteiger partial charge is 0.507 e. The molecule has 112 valence electrons. The summed E-state index contributed by atoms with van der Waals surface area (Å²) in [6, 6.07) is 12.9. The Labute approximate surface area is 127 Å². The van der Waals surface area contributed by atoms with Gasteiger partial charge in [0, 0.05) is 17.3 Å². The number of hydrogen-bond donors (Lipinski definition) is 2. The molecule has 21 heavy (non-hydrogen) atoms. The first-order chi connectivity index (χ1) is 9.90. The fourth-order valence-electron chi connectivity index (χ4n) is 2.48. The van der Waals surface area contributed by atoms with Gasteiger partial charge in [0.2, 0.25) is 0 Å². The summed E-state index contributed by atoms with van der Waals surface area (Å²) in [6.07, 6.45) is 0. The van der Waals surface area contributed by atoms with Crippen LogP contribution in [0.3, 0.4) is 0 Å². The Morgan fingerprint density at radius 1 is 0.857 bits per heavy atom. The van der Waals surface area contributed by atoms with Crippen LogP contribution in [0.1, 0.15) is 55.0 Å². The number of hydrogen-bond acceptors (Lipinski definition) is 2. The minimum atomic E-state index is 0.201. The van der Waals surface area contributed by atoms with Crippen LogP contribution in [0.5, 0.6) is 5.75 Å². The van der Waals surface area contributed by atoms with Crippen LogP contribution in [0.2, 0.25) is 0 Å². The van der Waals surface area contributed by atoms with Gasteiger partial charge in [0.1, 0.15) is 5.75 Å². The fourth-order valence-corrected chi connectivity index (χ4v) is 2.48. The van der Waals surface area contributed by atoms with Crippen molar-refractivity contribution in [2.24, 2.45) is 0 Å². The lowest BCUT2D eigenvalue weighted by Crippen LogP contribution is -2.08. The number of phenols is 1. The Morgan fingerprint density at radius 2 is 1.43 bits per heavy atom. The SMILES string of the molecule is Cc1ccc(NC(C)c2ccc(C(C)C)cc2)c(C)c1O. The first-order valence-electron chi connectivity index (χ1n) is 7.55. The molecular formula is C19H25NO. The summed E-state index contributed by atoms with van der Waals surface area (Å²) >= 11 is 0. The lowest BCUT2D eigenvalue weighted by Gasteiger charge is -2.19. The van der Waals surface area contributed by atoms with E-state index in [0.29, 0.717) is 11.7 Å². The molecule has 2 heteroatoms. The van der Waals surface area contributed by atoms with Gasteiger partial charge >= 0.3 is 0 Å². The molecule has 0 heterocycles. The summed E-state index contributed by atoms with van der Waals surface area (Å²) < 4.78 is 0. The first kappa shape index (κ1) is 15.4. The number of aromatic hydroxyl groups is 1. The monoisotopic (exact) mass is 283 g/mol. The molecule has 0 bridgehead atoms. The number of nitrogens with one attached hydrogen (secondary N) is 1. The van der Waals surface area contributed by atoms with Gasteiger partial charge in [0.15, 0.2) is 0 Å². The van der Waals surface area contributed by atoms with Crippen molar-refractivity contribution in [3.8, 4) is 5.75 Å². The molecule has 1 unspecified atom stereocenters. The Balaban J connectivity index is 2.18. The van der Waals surface area contributed by atoms with E-state index in [1.54, 1.807) is 0 Å². The van der Waals surface area contributed by atoms with E-state index in [0.717, 1.165) is 16.8 Å². The average Bonchev–Trinajstić information content (AvgIpc) is 2.48. The molecule has 2 nitrogen and oxygen atoms in total. The van der Waals surface area contributed by atoms with Crippen LogP contribution >= 0.6 is 0 Å². The number of aryl methyl sites for hydroxylation is 1. The van der Waals surface area contributed by atoms with Crippen LogP contribution in [-0.2, 0) is 0 Å². The van der Waals surface area contributed by atoms with Gasteiger partial charge in [-0.25, -0.2) is 0 Å². The lowest BCUT2D eigenvalue weighted by molar-refractivity contribution is 0.467. The van der Waals surface area contributed by atoms with Crippen LogP contribution in [-0.4, -0.2) is 5.11 Å². The molecule has 0 aliphatic heterocycles. The summed E-state index contributed by atoms with van der Waals surface area (Å²) in [5, 5.41) is 13.5. The first-order valence-corrected chi connectivity index (χ1v) is 7.55. The molecule has 2 aromatic rings. The van der Waals surface area contributed by atoms with Gasteiger partial charge in [-0.1, -0.05) is 44.2 Å². The number of phenolic OH excluding ortho intramolecular Hbond substituents is 1. The van der Waals surface area contributed by atoms with Crippen molar-refractivity contribution in [2.45, 2.75) is 46.6 Å². The van der Waals surface area contributed by atoms with Gasteiger partial charge in [-0.05, 0) is 49.4 Å². The quantitative estimate of drug-likeness (QED) is 0.797. The fraction of sp³-hybridized carbons (Fsp3) is 0.368. The van der Waals surface area contributed by atoms with Crippen molar-refractivity contribution >= 4 is 5.69 Å². The molecular weight excluding hydrogens is 258 g/mol. The summed E-state index contributed by atoms with van der Waals surface area (Å²) in [5.41, 5.74) is 5.40. The van der Waals surface area contributed by atoms with E-state index in [1.807, 2.05) is 26.0 Å². The molecule has 2 rings (SSSR count). The van der Waals surface area contributed by atoms with E-state index in [9.17, 15) is 5.11 Å². The topological polar surface area (TPSA) is 32.3 Å². The van der Waals surface area contributed by atoms with Crippen LogP contribution < -0.4 is 5.32 Å². The molecule has 0 amide bonds. The van der Waals surface area contributed by atoms with Crippen molar-refractivity contribution in [1.29, 1.82) is 0 Å². The van der Waals surface area contributed by atoms with Crippen molar-refractivity contribution in [3.63, 3.8) is 0 Å². The molecule has 0 saturated heterocycles. The molecule has 0 radical (unpaired) electrons. The maximum Gasteiger partial charge on any atom is 0.123 e. The number of benzene rings is 2. The molecule has 0 fully saturated rings. The second kappa shape index (κ2) is 6.21. The van der Waals surface area contributed by atoms with Gasteiger partial charge in [-0.3, -0.25) is 0 Å². The van der Waals surface area contributed by atoms with Gasteiger partial charge in [-0.2, -0.15) is 0 Å². The Morgan fingerprint density at radius 3 is 2.00 bits per heavy atom. The summed E-state index contributed by atoms with van der Waals surface area (Å²) in [7, 11) is 0. The van der Waals surface area contributed by atoms with Gasteiger partial charge in [0.25, 0.3) is 0 Å². The second-order valence-corrected chi connectivity index (χ2v) is 6.09. The summed E-state index contributed by atoms with van der Waals surface area (Å²) in [4.78, 5) is 0. The zero-order valence-electron chi connectivity index (χ0n) is 13.6. The minimum absolute atomic E-state index is 0.201. The normalized spacial score (nSPS) is 12.5. The Bertz CT molecular complexity index is 614. The van der Waals surface area contributed by atoms with Crippen molar-refractivity contribution in [3.05, 3.63) is 58.7 Å². The maximum absolute atomic E-state index is 10.0. The predicted octanol–water partition coefficient (Wildman–Crippen LogP) is 5.31. The van der Waals surface area contributed by atoms with E-state index in [1.165, 1.54) is 11.1 Å². The molecule has 0 aliphatic carbocycles. The van der Waals surface area contributed by atoms with Crippen LogP contribution in [0.25, 0.3) is 0 Å². The molecule has 2 aromatic carbocycles. The van der Waals surface area contributed by atoms with E-state index in [-0.39, 0.29) is 6.04 Å². The van der Waals surface area contributed by atoms with E-state index < -0.39 is 0 Å². The highest BCUT2D eigenvalue weighted by molar-refractivity contribution is 5.59. The Kier molecular flexibility index (Phi) is 4.56. The zero-order chi connectivity index (χ0) is 15.6. The standard InChI is InChI=1S/C19H25NO/c1-12(2)16-7-9-17(10-8-16)15(5)20-18-11-6-13(3)19(21)14(18)4/h6-12,15,20-21H,1-5H3. The van der Waals surface area contributed by atoms with E-state index in [4.69, 9.17) is 0 Å². The average molecular weight is 283 g/mol. The lowest BCUT2D eigenvalue weighted by atomic mass is 9.99. The smallest absolute Gasteiger partial charge is 0.123 e. The Hall–Kier alpha value is -1.96. The van der Waals surface area contributed by atoms with Crippen LogP contribution in [0, 0.1) is 13.8 Å². The summed E-state index contributed by atoms with van der Waals surface area (Å²) in [5.74, 6) is 0.931. The van der Waals surface area contributed by atoms with Crippen LogP contribution in [0.15, 0.2) is 36.4 Å². The van der Waals surface area contributed by atoms with Crippen molar-refractivity contribution < 1.29 is 5.11 Å². The third kappa shape index (κ3) is 3.38. The maximum atomic E-state index is 10.0. The third-order valence-electron chi connectivity index (χ3n) is 4.11. The van der Waals surface area contributed by atoms with Gasteiger partial charge in [0.05, 0.1) is 0 Å². The molecule has 2 N–H and O–H groups in total. The van der Waals surface area contributed by atoms with Gasteiger partial charge < -0.3 is 10.4 Å². The van der Waals surface area contributed by atoms with E-state index in [2.05, 4.69) is 50.4 Å². The highest BCUT2D eigenvalue weighted by Crippen LogP contribution is 2.30. The zero-order valence-corrected chi connectivity index (χ0v) is 13.6. The summed E-state index contributed by atoms with van der Waals surface area (Å²) in [6.45, 7) is 10.4. The van der Waals surface area contributed by atoms with E-state index >= 15 is 0 Å². The van der Waals surface area contributed by atoms with Crippen LogP contribution in [0.4, 0.5) is 5.69 Å². The van der Waals surface area contributed by atoms with Gasteiger partial charge in [-0.15, -0.1) is 0 Å². The number of rotatable bonds is 4. The highest BCUT2D eigenvalue weighted by atomic mass is 16.3. The molecule has 0 saturated carbocycles. The van der Waals surface area contributed by atoms with Crippen molar-refractivity contribution in [1.82, 2.24) is 0 Å². The minimum Gasteiger partial charge on any atom is -0.507 e. The second-order valence-electron chi connectivity index (χ2n) is 6.09. The predicted molar refractivity (Wildman–Crippen MR) is 90.1 cm³/mol. The molecule has 1 atom stereocenters. The molecule has 0 aliphatic rings. The number of anilines is 1. The third-order valence-corrected chi connectivity index (χ3v) is 4.11. The molecule has 0 spiro atoms. The highest BCUT2D eigenvalue weighted by Gasteiger charge is 2.10. The molecule has 0 aromatic heterocycles. The van der Waals surface area contributed by atoms with Crippen molar-refractivity contribution in [2.75, 3.05) is 5.32 Å².